The van der Waals surface area contributed by atoms with Crippen LogP contribution in [0, 0.1) is 6.92 Å². The zero-order valence-electron chi connectivity index (χ0n) is 7.22. The molecule has 4 heteroatoms. The quantitative estimate of drug-likeness (QED) is 0.691. The van der Waals surface area contributed by atoms with Crippen LogP contribution in [-0.2, 0) is 5.92 Å². The number of nitrogen functional groups attached to an aromatic ring is 1. The average Bonchev–Trinajstić information content (AvgIpc) is 2.09. The number of hydrogen-bond acceptors (Lipinski definition) is 2. The lowest BCUT2D eigenvalue weighted by molar-refractivity contribution is -0.0560. The van der Waals surface area contributed by atoms with Gasteiger partial charge in [-0.25, -0.2) is 0 Å². The van der Waals surface area contributed by atoms with Crippen LogP contribution in [-0.4, -0.2) is 11.7 Å². The lowest BCUT2D eigenvalue weighted by atomic mass is 10.0. The molecule has 0 amide bonds. The molecule has 0 fully saturated rings. The topological polar surface area (TPSA) is 46.2 Å². The molecule has 72 valence electrons. The van der Waals surface area contributed by atoms with Crippen molar-refractivity contribution in [3.63, 3.8) is 0 Å². The van der Waals surface area contributed by atoms with Crippen molar-refractivity contribution < 1.29 is 13.9 Å². The van der Waals surface area contributed by atoms with E-state index < -0.39 is 12.5 Å². The van der Waals surface area contributed by atoms with Gasteiger partial charge in [-0.1, -0.05) is 12.1 Å². The highest BCUT2D eigenvalue weighted by molar-refractivity contribution is 5.51. The summed E-state index contributed by atoms with van der Waals surface area (Å²) in [6.07, 6.45) is 0. The Kier molecular flexibility index (Phi) is 2.52. The third-order valence-corrected chi connectivity index (χ3v) is 1.97. The highest BCUT2D eigenvalue weighted by Crippen LogP contribution is 2.31. The van der Waals surface area contributed by atoms with Gasteiger partial charge >= 0.3 is 0 Å². The number of alkyl halides is 2. The van der Waals surface area contributed by atoms with Crippen molar-refractivity contribution in [2.24, 2.45) is 0 Å². The van der Waals surface area contributed by atoms with E-state index in [-0.39, 0.29) is 5.56 Å². The maximum atomic E-state index is 13.0. The van der Waals surface area contributed by atoms with Gasteiger partial charge in [-0.2, -0.15) is 8.78 Å². The van der Waals surface area contributed by atoms with Gasteiger partial charge in [0.25, 0.3) is 5.92 Å². The predicted octanol–water partition coefficient (Wildman–Crippen LogP) is 1.66. The number of hydrogen-bond donors (Lipinski definition) is 2. The minimum atomic E-state index is -3.21. The second-order valence-corrected chi connectivity index (χ2v) is 2.88. The molecule has 1 aromatic rings. The Hall–Kier alpha value is -1.16. The lowest BCUT2D eigenvalue weighted by Gasteiger charge is -2.16. The van der Waals surface area contributed by atoms with E-state index in [1.807, 2.05) is 0 Å². The van der Waals surface area contributed by atoms with Gasteiger partial charge in [0.2, 0.25) is 0 Å². The van der Waals surface area contributed by atoms with Crippen molar-refractivity contribution in [3.05, 3.63) is 29.3 Å². The first-order chi connectivity index (χ1) is 5.99. The molecular weight excluding hydrogens is 176 g/mol. The van der Waals surface area contributed by atoms with Gasteiger partial charge < -0.3 is 10.8 Å². The maximum absolute atomic E-state index is 13.0. The summed E-state index contributed by atoms with van der Waals surface area (Å²) < 4.78 is 26.0. The molecule has 0 aliphatic heterocycles. The molecule has 0 radical (unpaired) electrons. The van der Waals surface area contributed by atoms with Crippen molar-refractivity contribution in [2.45, 2.75) is 12.8 Å². The van der Waals surface area contributed by atoms with Crippen LogP contribution in [0.4, 0.5) is 14.5 Å². The van der Waals surface area contributed by atoms with Gasteiger partial charge in [0.1, 0.15) is 6.61 Å². The zero-order chi connectivity index (χ0) is 10.1. The molecule has 3 N–H and O–H groups in total. The number of aliphatic hydroxyl groups is 1. The van der Waals surface area contributed by atoms with Crippen molar-refractivity contribution in [1.82, 2.24) is 0 Å². The maximum Gasteiger partial charge on any atom is 0.296 e. The summed E-state index contributed by atoms with van der Waals surface area (Å²) in [6.45, 7) is 0.311. The molecule has 0 aliphatic rings. The number of benzene rings is 1. The van der Waals surface area contributed by atoms with Crippen LogP contribution in [0.1, 0.15) is 11.1 Å². The van der Waals surface area contributed by atoms with Crippen LogP contribution < -0.4 is 5.73 Å². The van der Waals surface area contributed by atoms with Gasteiger partial charge in [-0.15, -0.1) is 0 Å². The average molecular weight is 187 g/mol. The van der Waals surface area contributed by atoms with Gasteiger partial charge in [-0.05, 0) is 18.6 Å². The van der Waals surface area contributed by atoms with Gasteiger partial charge in [0.15, 0.2) is 0 Å². The van der Waals surface area contributed by atoms with E-state index in [4.69, 9.17) is 10.8 Å². The first-order valence-corrected chi connectivity index (χ1v) is 3.83. The highest BCUT2D eigenvalue weighted by atomic mass is 19.3. The first-order valence-electron chi connectivity index (χ1n) is 3.83. The molecule has 13 heavy (non-hydrogen) atoms. The normalized spacial score (nSPS) is 11.7. The molecule has 0 saturated heterocycles. The summed E-state index contributed by atoms with van der Waals surface area (Å²) in [5.74, 6) is -3.21. The van der Waals surface area contributed by atoms with Crippen LogP contribution in [0.15, 0.2) is 18.2 Å². The van der Waals surface area contributed by atoms with E-state index in [0.29, 0.717) is 11.3 Å². The molecule has 1 aromatic carbocycles. The Morgan fingerprint density at radius 1 is 1.46 bits per heavy atom. The molecule has 0 aliphatic carbocycles. The van der Waals surface area contributed by atoms with Gasteiger partial charge in [-0.3, -0.25) is 0 Å². The van der Waals surface area contributed by atoms with E-state index >= 15 is 0 Å². The highest BCUT2D eigenvalue weighted by Gasteiger charge is 2.32. The number of anilines is 1. The minimum absolute atomic E-state index is 0.213. The smallest absolute Gasteiger partial charge is 0.296 e. The molecule has 0 aromatic heterocycles. The van der Waals surface area contributed by atoms with E-state index in [0.717, 1.165) is 0 Å². The second kappa shape index (κ2) is 3.30. The molecule has 0 bridgehead atoms. The van der Waals surface area contributed by atoms with Crippen LogP contribution in [0.2, 0.25) is 0 Å². The van der Waals surface area contributed by atoms with Crippen molar-refractivity contribution in [1.29, 1.82) is 0 Å². The predicted molar refractivity (Wildman–Crippen MR) is 46.6 cm³/mol. The second-order valence-electron chi connectivity index (χ2n) is 2.88. The van der Waals surface area contributed by atoms with Crippen LogP contribution in [0.25, 0.3) is 0 Å². The fraction of sp³-hybridized carbons (Fsp3) is 0.333. The minimum Gasteiger partial charge on any atom is -0.399 e. The molecule has 0 heterocycles. The fourth-order valence-corrected chi connectivity index (χ4v) is 1.13. The summed E-state index contributed by atoms with van der Waals surface area (Å²) in [4.78, 5) is 0. The van der Waals surface area contributed by atoms with Gasteiger partial charge in [0.05, 0.1) is 0 Å². The Labute approximate surface area is 75.0 Å². The SMILES string of the molecule is Cc1c(N)cccc1C(F)(F)CO. The molecular formula is C9H11F2NO. The van der Waals surface area contributed by atoms with Crippen molar-refractivity contribution in [3.8, 4) is 0 Å². The molecule has 0 atom stereocenters. The van der Waals surface area contributed by atoms with E-state index in [9.17, 15) is 8.78 Å². The van der Waals surface area contributed by atoms with Crippen LogP contribution >= 0.6 is 0 Å². The third kappa shape index (κ3) is 1.78. The summed E-state index contributed by atoms with van der Waals surface area (Å²) in [6, 6.07) is 4.26. The zero-order valence-corrected chi connectivity index (χ0v) is 7.22. The monoisotopic (exact) mass is 187 g/mol. The van der Waals surface area contributed by atoms with Crippen LogP contribution in [0.3, 0.4) is 0 Å². The lowest BCUT2D eigenvalue weighted by Crippen LogP contribution is -2.20. The third-order valence-electron chi connectivity index (χ3n) is 1.97. The molecule has 0 unspecified atom stereocenters. The van der Waals surface area contributed by atoms with E-state index in [1.54, 1.807) is 6.07 Å². The summed E-state index contributed by atoms with van der Waals surface area (Å²) in [7, 11) is 0. The Morgan fingerprint density at radius 3 is 2.62 bits per heavy atom. The number of rotatable bonds is 2. The summed E-state index contributed by atoms with van der Waals surface area (Å²) in [5, 5.41) is 8.47. The molecule has 2 nitrogen and oxygen atoms in total. The Bertz CT molecular complexity index is 312. The standard InChI is InChI=1S/C9H11F2NO/c1-6-7(9(10,11)5-13)3-2-4-8(6)12/h2-4,13H,5,12H2,1H3. The first kappa shape index (κ1) is 9.92. The fourth-order valence-electron chi connectivity index (χ4n) is 1.13. The number of aliphatic hydroxyl groups excluding tert-OH is 1. The number of halogens is 2. The summed E-state index contributed by atoms with van der Waals surface area (Å²) in [5.41, 5.74) is 5.88. The Morgan fingerprint density at radius 2 is 2.08 bits per heavy atom. The van der Waals surface area contributed by atoms with Crippen molar-refractivity contribution >= 4 is 5.69 Å². The Balaban J connectivity index is 3.22. The van der Waals surface area contributed by atoms with Crippen molar-refractivity contribution in [2.75, 3.05) is 12.3 Å². The van der Waals surface area contributed by atoms with Gasteiger partial charge in [0, 0.05) is 11.3 Å². The van der Waals surface area contributed by atoms with E-state index in [1.165, 1.54) is 19.1 Å². The number of nitrogens with two attached hydrogens (primary N) is 1. The van der Waals surface area contributed by atoms with E-state index in [2.05, 4.69) is 0 Å². The summed E-state index contributed by atoms with van der Waals surface area (Å²) >= 11 is 0. The molecule has 0 saturated carbocycles. The molecule has 1 rings (SSSR count). The van der Waals surface area contributed by atoms with Crippen LogP contribution in [0.5, 0.6) is 0 Å². The largest absolute Gasteiger partial charge is 0.399 e. The molecule has 0 spiro atoms.